The minimum atomic E-state index is 0.565. The van der Waals surface area contributed by atoms with E-state index in [1.54, 1.807) is 13.3 Å². The lowest BCUT2D eigenvalue weighted by molar-refractivity contribution is 0.397. The third-order valence-electron chi connectivity index (χ3n) is 3.82. The maximum atomic E-state index is 5.17. The summed E-state index contributed by atoms with van der Waals surface area (Å²) in [6.07, 6.45) is 8.16. The van der Waals surface area contributed by atoms with Crippen LogP contribution in [0.1, 0.15) is 30.0 Å². The topological polar surface area (TPSA) is 52.0 Å². The predicted molar refractivity (Wildman–Crippen MR) is 77.0 cm³/mol. The van der Waals surface area contributed by atoms with Crippen molar-refractivity contribution in [1.29, 1.82) is 0 Å². The molecule has 2 aromatic rings. The molecular formula is C15H20N4O. The standard InChI is InChI=1S/C15H20N4O/c1-20-15-7-12(4-6-18-15)10-19-11-17-9-14(19)13-3-2-5-16-8-13/h4,6-7,9,11,13,16H,2-3,5,8,10H2,1H3. The first-order chi connectivity index (χ1) is 9.86. The van der Waals surface area contributed by atoms with Gasteiger partial charge in [-0.25, -0.2) is 9.97 Å². The summed E-state index contributed by atoms with van der Waals surface area (Å²) in [6, 6.07) is 3.99. The van der Waals surface area contributed by atoms with Crippen molar-refractivity contribution >= 4 is 0 Å². The Morgan fingerprint density at radius 2 is 2.45 bits per heavy atom. The molecule has 0 aromatic carbocycles. The average Bonchev–Trinajstić information content (AvgIpc) is 2.96. The highest BCUT2D eigenvalue weighted by molar-refractivity contribution is 5.22. The maximum Gasteiger partial charge on any atom is 0.213 e. The van der Waals surface area contributed by atoms with Gasteiger partial charge in [0.2, 0.25) is 5.88 Å². The van der Waals surface area contributed by atoms with E-state index in [0.717, 1.165) is 19.6 Å². The molecule has 3 rings (SSSR count). The summed E-state index contributed by atoms with van der Waals surface area (Å²) < 4.78 is 7.40. The Labute approximate surface area is 119 Å². The molecule has 1 atom stereocenters. The molecule has 2 aromatic heterocycles. The van der Waals surface area contributed by atoms with Crippen LogP contribution in [0.4, 0.5) is 0 Å². The summed E-state index contributed by atoms with van der Waals surface area (Å²) >= 11 is 0. The predicted octanol–water partition coefficient (Wildman–Crippen LogP) is 1.80. The van der Waals surface area contributed by atoms with Crippen LogP contribution < -0.4 is 10.1 Å². The number of aromatic nitrogens is 3. The summed E-state index contributed by atoms with van der Waals surface area (Å²) in [4.78, 5) is 8.47. The van der Waals surface area contributed by atoms with Gasteiger partial charge in [0.25, 0.3) is 0 Å². The van der Waals surface area contributed by atoms with E-state index < -0.39 is 0 Å². The molecule has 5 nitrogen and oxygen atoms in total. The number of hydrogen-bond donors (Lipinski definition) is 1. The number of pyridine rings is 1. The maximum absolute atomic E-state index is 5.17. The average molecular weight is 272 g/mol. The Balaban J connectivity index is 1.78. The van der Waals surface area contributed by atoms with Crippen molar-refractivity contribution in [3.05, 3.63) is 42.1 Å². The number of imidazole rings is 1. The van der Waals surface area contributed by atoms with Crippen molar-refractivity contribution in [2.24, 2.45) is 0 Å². The van der Waals surface area contributed by atoms with E-state index in [-0.39, 0.29) is 0 Å². The van der Waals surface area contributed by atoms with Gasteiger partial charge in [-0.3, -0.25) is 0 Å². The quantitative estimate of drug-likeness (QED) is 0.922. The van der Waals surface area contributed by atoms with Crippen LogP contribution >= 0.6 is 0 Å². The van der Waals surface area contributed by atoms with Crippen molar-refractivity contribution < 1.29 is 4.74 Å². The van der Waals surface area contributed by atoms with Crippen LogP contribution in [0.15, 0.2) is 30.9 Å². The lowest BCUT2D eigenvalue weighted by atomic mass is 9.96. The Kier molecular flexibility index (Phi) is 3.97. The minimum Gasteiger partial charge on any atom is -0.481 e. The highest BCUT2D eigenvalue weighted by Crippen LogP contribution is 2.23. The van der Waals surface area contributed by atoms with E-state index in [1.165, 1.54) is 24.1 Å². The molecule has 0 radical (unpaired) electrons. The van der Waals surface area contributed by atoms with E-state index in [0.29, 0.717) is 11.8 Å². The van der Waals surface area contributed by atoms with Crippen LogP contribution in [0.25, 0.3) is 0 Å². The lowest BCUT2D eigenvalue weighted by Gasteiger charge is -2.23. The number of rotatable bonds is 4. The Morgan fingerprint density at radius 3 is 3.25 bits per heavy atom. The fourth-order valence-corrected chi connectivity index (χ4v) is 2.76. The zero-order chi connectivity index (χ0) is 13.8. The van der Waals surface area contributed by atoms with E-state index >= 15 is 0 Å². The fourth-order valence-electron chi connectivity index (χ4n) is 2.76. The highest BCUT2D eigenvalue weighted by atomic mass is 16.5. The van der Waals surface area contributed by atoms with Gasteiger partial charge >= 0.3 is 0 Å². The van der Waals surface area contributed by atoms with Crippen LogP contribution in [-0.4, -0.2) is 34.7 Å². The molecular weight excluding hydrogens is 252 g/mol. The molecule has 0 amide bonds. The Hall–Kier alpha value is -1.88. The van der Waals surface area contributed by atoms with E-state index in [2.05, 4.69) is 19.9 Å². The summed E-state index contributed by atoms with van der Waals surface area (Å²) in [5, 5.41) is 3.46. The second kappa shape index (κ2) is 6.05. The molecule has 1 aliphatic rings. The number of hydrogen-bond acceptors (Lipinski definition) is 4. The van der Waals surface area contributed by atoms with E-state index in [1.807, 2.05) is 24.7 Å². The monoisotopic (exact) mass is 272 g/mol. The molecule has 0 spiro atoms. The van der Waals surface area contributed by atoms with Crippen molar-refractivity contribution in [2.45, 2.75) is 25.3 Å². The summed E-state index contributed by atoms with van der Waals surface area (Å²) in [5.41, 5.74) is 2.49. The molecule has 3 heterocycles. The molecule has 1 saturated heterocycles. The first-order valence-electron chi connectivity index (χ1n) is 7.06. The smallest absolute Gasteiger partial charge is 0.213 e. The number of piperidine rings is 1. The molecule has 5 heteroatoms. The number of methoxy groups -OCH3 is 1. The fraction of sp³-hybridized carbons (Fsp3) is 0.467. The molecule has 1 aliphatic heterocycles. The zero-order valence-corrected chi connectivity index (χ0v) is 11.7. The first kappa shape index (κ1) is 13.1. The normalized spacial score (nSPS) is 18.9. The van der Waals surface area contributed by atoms with Gasteiger partial charge in [0, 0.05) is 43.2 Å². The largest absolute Gasteiger partial charge is 0.481 e. The molecule has 0 saturated carbocycles. The van der Waals surface area contributed by atoms with Crippen molar-refractivity contribution in [3.63, 3.8) is 0 Å². The zero-order valence-electron chi connectivity index (χ0n) is 11.7. The summed E-state index contributed by atoms with van der Waals surface area (Å²) in [5.74, 6) is 1.22. The van der Waals surface area contributed by atoms with Crippen molar-refractivity contribution in [1.82, 2.24) is 19.9 Å². The van der Waals surface area contributed by atoms with Crippen molar-refractivity contribution in [2.75, 3.05) is 20.2 Å². The third kappa shape index (κ3) is 2.82. The van der Waals surface area contributed by atoms with Gasteiger partial charge in [0.15, 0.2) is 0 Å². The van der Waals surface area contributed by atoms with Gasteiger partial charge < -0.3 is 14.6 Å². The van der Waals surface area contributed by atoms with Gasteiger partial charge in [-0.2, -0.15) is 0 Å². The number of ether oxygens (including phenoxy) is 1. The molecule has 1 N–H and O–H groups in total. The molecule has 106 valence electrons. The van der Waals surface area contributed by atoms with Gasteiger partial charge in [-0.05, 0) is 31.0 Å². The van der Waals surface area contributed by atoms with Gasteiger partial charge in [0.1, 0.15) is 0 Å². The van der Waals surface area contributed by atoms with Crippen LogP contribution in [-0.2, 0) is 6.54 Å². The Morgan fingerprint density at radius 1 is 1.50 bits per heavy atom. The van der Waals surface area contributed by atoms with E-state index in [4.69, 9.17) is 4.74 Å². The van der Waals surface area contributed by atoms with Crippen LogP contribution in [0.3, 0.4) is 0 Å². The Bertz CT molecular complexity index is 561. The lowest BCUT2D eigenvalue weighted by Crippen LogP contribution is -2.29. The second-order valence-electron chi connectivity index (χ2n) is 5.20. The summed E-state index contributed by atoms with van der Waals surface area (Å²) in [6.45, 7) is 2.99. The van der Waals surface area contributed by atoms with Crippen molar-refractivity contribution in [3.8, 4) is 5.88 Å². The SMILES string of the molecule is COc1cc(Cn2cncc2C2CCCNC2)ccn1. The number of nitrogens with one attached hydrogen (secondary N) is 1. The molecule has 1 unspecified atom stereocenters. The van der Waals surface area contributed by atoms with Gasteiger partial charge in [-0.1, -0.05) is 0 Å². The van der Waals surface area contributed by atoms with Crippen LogP contribution in [0.2, 0.25) is 0 Å². The van der Waals surface area contributed by atoms with Gasteiger partial charge in [-0.15, -0.1) is 0 Å². The van der Waals surface area contributed by atoms with Crippen LogP contribution in [0.5, 0.6) is 5.88 Å². The summed E-state index contributed by atoms with van der Waals surface area (Å²) in [7, 11) is 1.64. The highest BCUT2D eigenvalue weighted by Gasteiger charge is 2.18. The number of nitrogens with zero attached hydrogens (tertiary/aromatic N) is 3. The third-order valence-corrected chi connectivity index (χ3v) is 3.82. The first-order valence-corrected chi connectivity index (χ1v) is 7.06. The molecule has 1 fully saturated rings. The van der Waals surface area contributed by atoms with E-state index in [9.17, 15) is 0 Å². The molecule has 0 bridgehead atoms. The molecule has 0 aliphatic carbocycles. The van der Waals surface area contributed by atoms with Gasteiger partial charge in [0.05, 0.1) is 13.4 Å². The second-order valence-corrected chi connectivity index (χ2v) is 5.20. The van der Waals surface area contributed by atoms with Crippen LogP contribution in [0, 0.1) is 0 Å². The minimum absolute atomic E-state index is 0.565. The molecule has 20 heavy (non-hydrogen) atoms.